The van der Waals surface area contributed by atoms with E-state index in [-0.39, 0.29) is 51.0 Å². The van der Waals surface area contributed by atoms with E-state index in [9.17, 15) is 0 Å². The zero-order valence-electron chi connectivity index (χ0n) is 17.1. The van der Waals surface area contributed by atoms with Crippen molar-refractivity contribution in [1.82, 2.24) is 0 Å². The van der Waals surface area contributed by atoms with Crippen LogP contribution < -0.4 is 24.8 Å². The number of benzene rings is 2. The molecular weight excluding hydrogens is 462 g/mol. The molecule has 3 aromatic carbocycles. The molecule has 0 aromatic heterocycles. The van der Waals surface area contributed by atoms with Crippen LogP contribution in [0.3, 0.4) is 0 Å². The first-order chi connectivity index (χ1) is 12.3. The normalized spacial score (nSPS) is 10.1. The van der Waals surface area contributed by atoms with Gasteiger partial charge in [0.2, 0.25) is 0 Å². The van der Waals surface area contributed by atoms with Crippen LogP contribution in [0.15, 0.2) is 54.6 Å². The Morgan fingerprint density at radius 2 is 1.46 bits per heavy atom. The monoisotopic (exact) mass is 491 g/mol. The summed E-state index contributed by atoms with van der Waals surface area (Å²) in [6, 6.07) is 20.7. The summed E-state index contributed by atoms with van der Waals surface area (Å²) >= 11 is 0. The van der Waals surface area contributed by atoms with Crippen LogP contribution in [0.25, 0.3) is 21.9 Å². The molecule has 0 bridgehead atoms. The predicted octanol–water partition coefficient (Wildman–Crippen LogP) is 1.70. The van der Waals surface area contributed by atoms with Gasteiger partial charge in [-0.2, -0.15) is 6.07 Å². The number of rotatable bonds is 9. The Balaban J connectivity index is 0.00000243. The SMILES string of the molecule is CCCCCCc1cc2c(-c3ccc(CCCC)cc3)cccc2[cH-]1.[Cl-].[Cl-].[Zr+3]. The van der Waals surface area contributed by atoms with E-state index >= 15 is 0 Å². The van der Waals surface area contributed by atoms with Crippen molar-refractivity contribution < 1.29 is 51.0 Å². The molecule has 1 radical (unpaired) electrons. The minimum Gasteiger partial charge on any atom is -1.00 e. The van der Waals surface area contributed by atoms with E-state index in [2.05, 4.69) is 68.4 Å². The number of unbranched alkanes of at least 4 members (excludes halogenated alkanes) is 4. The van der Waals surface area contributed by atoms with Crippen molar-refractivity contribution in [2.75, 3.05) is 0 Å². The molecule has 3 rings (SSSR count). The first kappa shape index (κ1) is 27.5. The zero-order chi connectivity index (χ0) is 17.5. The Morgan fingerprint density at radius 1 is 0.750 bits per heavy atom. The maximum absolute atomic E-state index is 2.42. The maximum atomic E-state index is 2.42. The van der Waals surface area contributed by atoms with Gasteiger partial charge in [0.15, 0.2) is 0 Å². The van der Waals surface area contributed by atoms with Gasteiger partial charge in [-0.1, -0.05) is 81.8 Å². The van der Waals surface area contributed by atoms with Crippen LogP contribution in [0.2, 0.25) is 0 Å². The molecule has 0 saturated carbocycles. The van der Waals surface area contributed by atoms with Gasteiger partial charge in [0, 0.05) is 0 Å². The van der Waals surface area contributed by atoms with E-state index in [4.69, 9.17) is 0 Å². The molecule has 0 N–H and O–H groups in total. The van der Waals surface area contributed by atoms with Gasteiger partial charge in [0.1, 0.15) is 0 Å². The second-order valence-electron chi connectivity index (χ2n) is 7.28. The van der Waals surface area contributed by atoms with Crippen molar-refractivity contribution in [2.45, 2.75) is 65.2 Å². The van der Waals surface area contributed by atoms with Crippen LogP contribution in [0.5, 0.6) is 0 Å². The van der Waals surface area contributed by atoms with Crippen molar-refractivity contribution in [3.05, 3.63) is 65.7 Å². The van der Waals surface area contributed by atoms with Gasteiger partial charge in [-0.15, -0.1) is 34.5 Å². The van der Waals surface area contributed by atoms with E-state index in [0.29, 0.717) is 0 Å². The number of hydrogen-bond donors (Lipinski definition) is 0. The van der Waals surface area contributed by atoms with Crippen LogP contribution in [0.4, 0.5) is 0 Å². The Morgan fingerprint density at radius 3 is 2.14 bits per heavy atom. The van der Waals surface area contributed by atoms with Crippen molar-refractivity contribution in [3.8, 4) is 11.1 Å². The van der Waals surface area contributed by atoms with Crippen molar-refractivity contribution in [3.63, 3.8) is 0 Å². The Kier molecular flexibility index (Phi) is 14.2. The summed E-state index contributed by atoms with van der Waals surface area (Å²) in [5.41, 5.74) is 5.67. The molecule has 0 fully saturated rings. The molecule has 3 heteroatoms. The van der Waals surface area contributed by atoms with Crippen molar-refractivity contribution in [2.24, 2.45) is 0 Å². The summed E-state index contributed by atoms with van der Waals surface area (Å²) in [5, 5.41) is 2.80. The van der Waals surface area contributed by atoms with Crippen LogP contribution in [-0.2, 0) is 39.0 Å². The fourth-order valence-corrected chi connectivity index (χ4v) is 3.68. The van der Waals surface area contributed by atoms with Crippen molar-refractivity contribution in [1.29, 1.82) is 0 Å². The van der Waals surface area contributed by atoms with E-state index in [1.165, 1.54) is 84.4 Å². The first-order valence-corrected chi connectivity index (χ1v) is 10.1. The number of aryl methyl sites for hydroxylation is 2. The van der Waals surface area contributed by atoms with E-state index in [1.54, 1.807) is 0 Å². The third kappa shape index (κ3) is 7.40. The summed E-state index contributed by atoms with van der Waals surface area (Å²) in [7, 11) is 0. The summed E-state index contributed by atoms with van der Waals surface area (Å²) in [6.45, 7) is 4.53. The minimum atomic E-state index is 0. The largest absolute Gasteiger partial charge is 3.00 e. The molecule has 0 saturated heterocycles. The van der Waals surface area contributed by atoms with Crippen LogP contribution in [-0.4, -0.2) is 0 Å². The van der Waals surface area contributed by atoms with Gasteiger partial charge < -0.3 is 24.8 Å². The van der Waals surface area contributed by atoms with Crippen molar-refractivity contribution >= 4 is 10.8 Å². The Bertz CT molecular complexity index is 790. The average molecular weight is 494 g/mol. The van der Waals surface area contributed by atoms with Gasteiger partial charge in [0.05, 0.1) is 0 Å². The van der Waals surface area contributed by atoms with E-state index in [1.807, 2.05) is 0 Å². The van der Waals surface area contributed by atoms with Gasteiger partial charge in [-0.3, -0.25) is 0 Å². The fraction of sp³-hybridized carbons (Fsp3) is 0.400. The average Bonchev–Trinajstić information content (AvgIpc) is 3.07. The van der Waals surface area contributed by atoms with Gasteiger partial charge in [0.25, 0.3) is 0 Å². The van der Waals surface area contributed by atoms with E-state index < -0.39 is 0 Å². The molecular formula is C25H31Cl2Zr. The van der Waals surface area contributed by atoms with Gasteiger partial charge in [-0.05, 0) is 30.4 Å². The standard InChI is InChI=1S/C25H31.2ClH.Zr/c1-3-5-7-8-11-21-18-23-12-9-13-24(25(23)19-21)22-16-14-20(15-17-22)10-6-4-2;;;/h9,12-19H,3-8,10-11H2,1-2H3;2*1H;/q-1;;;+3/p-2. The minimum absolute atomic E-state index is 0. The summed E-state index contributed by atoms with van der Waals surface area (Å²) in [6.07, 6.45) is 10.3. The molecule has 149 valence electrons. The Hall–Kier alpha value is -0.487. The number of hydrogen-bond acceptors (Lipinski definition) is 0. The molecule has 0 nitrogen and oxygen atoms in total. The number of fused-ring (bicyclic) bond motifs is 1. The molecule has 0 atom stereocenters. The summed E-state index contributed by atoms with van der Waals surface area (Å²) < 4.78 is 0. The smallest absolute Gasteiger partial charge is 1.00 e. The molecule has 0 aliphatic carbocycles. The quantitative estimate of drug-likeness (QED) is 0.315. The third-order valence-corrected chi connectivity index (χ3v) is 5.21. The maximum Gasteiger partial charge on any atom is 3.00 e. The zero-order valence-corrected chi connectivity index (χ0v) is 21.1. The topological polar surface area (TPSA) is 0 Å². The van der Waals surface area contributed by atoms with Crippen LogP contribution in [0, 0.1) is 0 Å². The molecule has 28 heavy (non-hydrogen) atoms. The molecule has 0 spiro atoms. The molecule has 0 heterocycles. The molecule has 0 amide bonds. The predicted molar refractivity (Wildman–Crippen MR) is 111 cm³/mol. The van der Waals surface area contributed by atoms with Gasteiger partial charge in [-0.25, -0.2) is 0 Å². The fourth-order valence-electron chi connectivity index (χ4n) is 3.68. The van der Waals surface area contributed by atoms with Crippen LogP contribution >= 0.6 is 0 Å². The van der Waals surface area contributed by atoms with Crippen LogP contribution in [0.1, 0.15) is 63.5 Å². The summed E-state index contributed by atoms with van der Waals surface area (Å²) in [5.74, 6) is 0. The molecule has 0 aliphatic heterocycles. The summed E-state index contributed by atoms with van der Waals surface area (Å²) in [4.78, 5) is 0. The molecule has 3 aromatic rings. The first-order valence-electron chi connectivity index (χ1n) is 10.1. The second-order valence-corrected chi connectivity index (χ2v) is 7.28. The number of halogens is 2. The molecule has 0 unspecified atom stereocenters. The molecule has 0 aliphatic rings. The van der Waals surface area contributed by atoms with E-state index in [0.717, 1.165) is 0 Å². The third-order valence-electron chi connectivity index (χ3n) is 5.21. The second kappa shape index (κ2) is 14.5. The van der Waals surface area contributed by atoms with Gasteiger partial charge >= 0.3 is 26.2 Å². The Labute approximate surface area is 202 Å².